The second-order valence-electron chi connectivity index (χ2n) is 16.7. The quantitative estimate of drug-likeness (QED) is 0.0263. The Kier molecular flexibility index (Phi) is 46.4. The van der Waals surface area contributed by atoms with Gasteiger partial charge in [-0.05, 0) is 83.5 Å². The molecule has 346 valence electrons. The lowest BCUT2D eigenvalue weighted by Crippen LogP contribution is -2.30. The maximum absolute atomic E-state index is 12.8. The second-order valence-corrected chi connectivity index (χ2v) is 16.7. The number of esters is 3. The molecule has 6 heteroatoms. The zero-order chi connectivity index (χ0) is 43.7. The Balaban J connectivity index is 4.44. The molecule has 0 aliphatic carbocycles. The first kappa shape index (κ1) is 57.1. The normalized spacial score (nSPS) is 12.5. The summed E-state index contributed by atoms with van der Waals surface area (Å²) < 4.78 is 16.7. The van der Waals surface area contributed by atoms with E-state index in [1.165, 1.54) is 135 Å². The lowest BCUT2D eigenvalue weighted by Gasteiger charge is -2.18. The molecular weight excluding hydrogens is 745 g/mol. The summed E-state index contributed by atoms with van der Waals surface area (Å²) in [4.78, 5) is 37.9. The van der Waals surface area contributed by atoms with E-state index in [0.717, 1.165) is 64.2 Å². The van der Waals surface area contributed by atoms with Crippen LogP contribution in [0.25, 0.3) is 0 Å². The van der Waals surface area contributed by atoms with Crippen LogP contribution in [0, 0.1) is 0 Å². The summed E-state index contributed by atoms with van der Waals surface area (Å²) in [5.74, 6) is -0.953. The highest BCUT2D eigenvalue weighted by Crippen LogP contribution is 2.14. The van der Waals surface area contributed by atoms with Crippen molar-refractivity contribution in [2.75, 3.05) is 13.2 Å². The number of carbonyl (C=O) groups is 3. The van der Waals surface area contributed by atoms with E-state index in [0.29, 0.717) is 19.3 Å². The van der Waals surface area contributed by atoms with Gasteiger partial charge in [-0.15, -0.1) is 0 Å². The molecule has 0 saturated heterocycles. The molecule has 60 heavy (non-hydrogen) atoms. The van der Waals surface area contributed by atoms with E-state index in [1.807, 2.05) is 0 Å². The zero-order valence-electron chi connectivity index (χ0n) is 39.5. The van der Waals surface area contributed by atoms with E-state index >= 15 is 0 Å². The third-order valence-corrected chi connectivity index (χ3v) is 10.7. The Labute approximate surface area is 370 Å². The minimum absolute atomic E-state index is 0.0914. The summed E-state index contributed by atoms with van der Waals surface area (Å²) in [5.41, 5.74) is 0. The number of hydrogen-bond acceptors (Lipinski definition) is 6. The van der Waals surface area contributed by atoms with Gasteiger partial charge in [0.15, 0.2) is 6.10 Å². The standard InChI is InChI=1S/C54H94O6/c1-4-7-10-13-16-19-22-24-26-27-29-30-32-35-38-41-44-47-53(56)59-50-51(49-58-52(55)46-43-40-37-34-21-18-15-12-9-6-3)60-54(57)48-45-42-39-36-33-31-28-25-23-20-17-14-11-8-5-2/h16,19-20,23-24,26,29-30,35,38,51H,4-15,17-18,21-22,25,27-28,31-34,36-37,39-50H2,1-3H3/b19-16-,23-20-,26-24-,30-29-,38-35-. The molecule has 0 radical (unpaired) electrons. The van der Waals surface area contributed by atoms with Gasteiger partial charge in [-0.25, -0.2) is 0 Å². The van der Waals surface area contributed by atoms with Crippen LogP contribution in [-0.2, 0) is 28.6 Å². The molecule has 0 spiro atoms. The molecule has 0 saturated carbocycles. The van der Waals surface area contributed by atoms with Gasteiger partial charge >= 0.3 is 17.9 Å². The summed E-state index contributed by atoms with van der Waals surface area (Å²) in [6.45, 7) is 6.53. The molecule has 0 amide bonds. The smallest absolute Gasteiger partial charge is 0.306 e. The number of rotatable bonds is 45. The predicted molar refractivity (Wildman–Crippen MR) is 256 cm³/mol. The van der Waals surface area contributed by atoms with E-state index in [4.69, 9.17) is 14.2 Å². The van der Waals surface area contributed by atoms with Gasteiger partial charge in [0.2, 0.25) is 0 Å². The van der Waals surface area contributed by atoms with Gasteiger partial charge in [0, 0.05) is 19.3 Å². The van der Waals surface area contributed by atoms with Crippen LogP contribution in [0.1, 0.15) is 245 Å². The Morgan fingerprint density at radius 3 is 1.07 bits per heavy atom. The second kappa shape index (κ2) is 48.8. The van der Waals surface area contributed by atoms with Crippen LogP contribution in [0.15, 0.2) is 60.8 Å². The van der Waals surface area contributed by atoms with Crippen molar-refractivity contribution in [3.63, 3.8) is 0 Å². The Hall–Kier alpha value is -2.89. The summed E-state index contributed by atoms with van der Waals surface area (Å²) in [5, 5.41) is 0. The zero-order valence-corrected chi connectivity index (χ0v) is 39.5. The highest BCUT2D eigenvalue weighted by atomic mass is 16.6. The van der Waals surface area contributed by atoms with Crippen molar-refractivity contribution in [2.45, 2.75) is 252 Å². The van der Waals surface area contributed by atoms with Crippen molar-refractivity contribution < 1.29 is 28.6 Å². The molecule has 0 heterocycles. The SMILES string of the molecule is CCCCC/C=C\C/C=C\C/C=C\C/C=C\CCCC(=O)OCC(COC(=O)CCCCCCCCCCCC)OC(=O)CCCCCCCCC/C=C\CCCCCC. The van der Waals surface area contributed by atoms with E-state index in [2.05, 4.69) is 81.5 Å². The molecule has 0 fully saturated rings. The molecule has 0 aromatic rings. The molecule has 1 atom stereocenters. The number of hydrogen-bond donors (Lipinski definition) is 0. The van der Waals surface area contributed by atoms with Crippen molar-refractivity contribution in [3.8, 4) is 0 Å². The molecule has 6 nitrogen and oxygen atoms in total. The van der Waals surface area contributed by atoms with Crippen molar-refractivity contribution in [2.24, 2.45) is 0 Å². The molecule has 0 N–H and O–H groups in total. The van der Waals surface area contributed by atoms with E-state index in [9.17, 15) is 14.4 Å². The highest BCUT2D eigenvalue weighted by molar-refractivity contribution is 5.71. The van der Waals surface area contributed by atoms with E-state index in [-0.39, 0.29) is 37.5 Å². The van der Waals surface area contributed by atoms with E-state index in [1.54, 1.807) is 0 Å². The largest absolute Gasteiger partial charge is 0.462 e. The van der Waals surface area contributed by atoms with Crippen LogP contribution in [0.2, 0.25) is 0 Å². The fourth-order valence-electron chi connectivity index (χ4n) is 6.90. The van der Waals surface area contributed by atoms with Gasteiger partial charge in [0.05, 0.1) is 0 Å². The first-order valence-corrected chi connectivity index (χ1v) is 25.3. The average molecular weight is 839 g/mol. The fourth-order valence-corrected chi connectivity index (χ4v) is 6.90. The monoisotopic (exact) mass is 839 g/mol. The van der Waals surface area contributed by atoms with Crippen LogP contribution < -0.4 is 0 Å². The molecule has 0 aliphatic rings. The third kappa shape index (κ3) is 46.2. The maximum Gasteiger partial charge on any atom is 0.306 e. The van der Waals surface area contributed by atoms with Crippen molar-refractivity contribution in [3.05, 3.63) is 60.8 Å². The molecule has 1 unspecified atom stereocenters. The van der Waals surface area contributed by atoms with Gasteiger partial charge in [-0.1, -0.05) is 204 Å². The fraction of sp³-hybridized carbons (Fsp3) is 0.759. The number of unbranched alkanes of at least 4 members (excludes halogenated alkanes) is 24. The van der Waals surface area contributed by atoms with Crippen molar-refractivity contribution in [1.82, 2.24) is 0 Å². The van der Waals surface area contributed by atoms with Crippen LogP contribution in [0.5, 0.6) is 0 Å². The minimum atomic E-state index is -0.794. The molecular formula is C54H94O6. The summed E-state index contributed by atoms with van der Waals surface area (Å²) in [6.07, 6.45) is 59.2. The molecule has 0 bridgehead atoms. The minimum Gasteiger partial charge on any atom is -0.462 e. The Morgan fingerprint density at radius 1 is 0.333 bits per heavy atom. The van der Waals surface area contributed by atoms with Gasteiger partial charge in [-0.3, -0.25) is 14.4 Å². The molecule has 0 aliphatic heterocycles. The number of carbonyl (C=O) groups excluding carboxylic acids is 3. The highest BCUT2D eigenvalue weighted by Gasteiger charge is 2.19. The number of ether oxygens (including phenoxy) is 3. The van der Waals surface area contributed by atoms with Crippen LogP contribution in [0.3, 0.4) is 0 Å². The lowest BCUT2D eigenvalue weighted by atomic mass is 10.1. The van der Waals surface area contributed by atoms with Gasteiger partial charge < -0.3 is 14.2 Å². The average Bonchev–Trinajstić information content (AvgIpc) is 3.24. The van der Waals surface area contributed by atoms with E-state index < -0.39 is 6.10 Å². The maximum atomic E-state index is 12.8. The number of allylic oxidation sites excluding steroid dienone is 10. The van der Waals surface area contributed by atoms with Crippen LogP contribution >= 0.6 is 0 Å². The first-order chi connectivity index (χ1) is 29.5. The van der Waals surface area contributed by atoms with Gasteiger partial charge in [0.1, 0.15) is 13.2 Å². The van der Waals surface area contributed by atoms with Gasteiger partial charge in [-0.2, -0.15) is 0 Å². The van der Waals surface area contributed by atoms with Crippen LogP contribution in [-0.4, -0.2) is 37.2 Å². The van der Waals surface area contributed by atoms with Gasteiger partial charge in [0.25, 0.3) is 0 Å². The first-order valence-electron chi connectivity index (χ1n) is 25.3. The predicted octanol–water partition coefficient (Wildman–Crippen LogP) is 16.5. The lowest BCUT2D eigenvalue weighted by molar-refractivity contribution is -0.167. The molecule has 0 aromatic heterocycles. The molecule has 0 aromatic carbocycles. The van der Waals surface area contributed by atoms with Crippen LogP contribution in [0.4, 0.5) is 0 Å². The summed E-state index contributed by atoms with van der Waals surface area (Å²) in [6, 6.07) is 0. The van der Waals surface area contributed by atoms with Crippen molar-refractivity contribution >= 4 is 17.9 Å². The summed E-state index contributed by atoms with van der Waals surface area (Å²) in [7, 11) is 0. The topological polar surface area (TPSA) is 78.9 Å². The third-order valence-electron chi connectivity index (χ3n) is 10.7. The Morgan fingerprint density at radius 2 is 0.617 bits per heavy atom. The Bertz CT molecular complexity index is 1100. The summed E-state index contributed by atoms with van der Waals surface area (Å²) >= 11 is 0. The van der Waals surface area contributed by atoms with Crippen molar-refractivity contribution in [1.29, 1.82) is 0 Å². The molecule has 0 rings (SSSR count).